The van der Waals surface area contributed by atoms with Crippen molar-refractivity contribution < 1.29 is 4.79 Å². The number of nitrogens with zero attached hydrogens (tertiary/aromatic N) is 3. The second kappa shape index (κ2) is 6.18. The van der Waals surface area contributed by atoms with Gasteiger partial charge in [-0.25, -0.2) is 0 Å². The number of fused-ring (bicyclic) bond motifs is 1. The van der Waals surface area contributed by atoms with E-state index >= 15 is 0 Å². The molecule has 5 heteroatoms. The first-order chi connectivity index (χ1) is 10.2. The summed E-state index contributed by atoms with van der Waals surface area (Å²) in [6, 6.07) is 5.50. The van der Waals surface area contributed by atoms with Gasteiger partial charge in [-0.05, 0) is 50.0 Å². The van der Waals surface area contributed by atoms with Crippen molar-refractivity contribution in [2.75, 3.05) is 26.7 Å². The molecule has 3 rings (SSSR count). The van der Waals surface area contributed by atoms with E-state index in [4.69, 9.17) is 0 Å². The molecule has 1 aromatic carbocycles. The van der Waals surface area contributed by atoms with Gasteiger partial charge in [0.15, 0.2) is 0 Å². The molecule has 1 aliphatic heterocycles. The van der Waals surface area contributed by atoms with Crippen molar-refractivity contribution in [1.82, 2.24) is 20.2 Å². The Morgan fingerprint density at radius 1 is 1.33 bits per heavy atom. The lowest BCUT2D eigenvalue weighted by Gasteiger charge is -2.27. The lowest BCUT2D eigenvalue weighted by molar-refractivity contribution is 0.0765. The molecule has 1 aliphatic rings. The van der Waals surface area contributed by atoms with E-state index in [-0.39, 0.29) is 5.91 Å². The SMILES string of the molecule is CN(CC1CCCNC1)C(=O)c1ccc2nccnc2c1. The maximum absolute atomic E-state index is 12.5. The fraction of sp³-hybridized carbons (Fsp3) is 0.438. The molecule has 1 atom stereocenters. The zero-order valence-electron chi connectivity index (χ0n) is 12.2. The molecule has 1 unspecified atom stereocenters. The summed E-state index contributed by atoms with van der Waals surface area (Å²) in [6.07, 6.45) is 5.69. The lowest BCUT2D eigenvalue weighted by Crippen LogP contribution is -2.39. The third kappa shape index (κ3) is 3.19. The average molecular weight is 284 g/mol. The molecule has 0 spiro atoms. The number of benzene rings is 1. The van der Waals surface area contributed by atoms with Crippen LogP contribution in [0.4, 0.5) is 0 Å². The van der Waals surface area contributed by atoms with E-state index in [1.165, 1.54) is 12.8 Å². The van der Waals surface area contributed by atoms with Crippen LogP contribution in [0.3, 0.4) is 0 Å². The number of carbonyl (C=O) groups is 1. The predicted molar refractivity (Wildman–Crippen MR) is 82.1 cm³/mol. The van der Waals surface area contributed by atoms with Crippen LogP contribution >= 0.6 is 0 Å². The first-order valence-corrected chi connectivity index (χ1v) is 7.41. The number of nitrogens with one attached hydrogen (secondary N) is 1. The van der Waals surface area contributed by atoms with Gasteiger partial charge in [0.1, 0.15) is 0 Å². The minimum absolute atomic E-state index is 0.0492. The van der Waals surface area contributed by atoms with Crippen LogP contribution in [0.2, 0.25) is 0 Å². The van der Waals surface area contributed by atoms with Crippen molar-refractivity contribution >= 4 is 16.9 Å². The highest BCUT2D eigenvalue weighted by Gasteiger charge is 2.19. The molecule has 110 valence electrons. The van der Waals surface area contributed by atoms with Crippen molar-refractivity contribution in [2.45, 2.75) is 12.8 Å². The fourth-order valence-electron chi connectivity index (χ4n) is 2.87. The zero-order valence-corrected chi connectivity index (χ0v) is 12.2. The van der Waals surface area contributed by atoms with Crippen molar-refractivity contribution in [3.63, 3.8) is 0 Å². The van der Waals surface area contributed by atoms with Crippen LogP contribution in [0.15, 0.2) is 30.6 Å². The third-order valence-corrected chi connectivity index (χ3v) is 3.99. The number of aromatic nitrogens is 2. The van der Waals surface area contributed by atoms with E-state index in [1.54, 1.807) is 12.4 Å². The van der Waals surface area contributed by atoms with Crippen molar-refractivity contribution in [3.8, 4) is 0 Å². The summed E-state index contributed by atoms with van der Waals surface area (Å²) in [4.78, 5) is 22.8. The number of rotatable bonds is 3. The van der Waals surface area contributed by atoms with Crippen LogP contribution < -0.4 is 5.32 Å². The number of piperidine rings is 1. The van der Waals surface area contributed by atoms with Gasteiger partial charge in [0.25, 0.3) is 5.91 Å². The largest absolute Gasteiger partial charge is 0.341 e. The standard InChI is InChI=1S/C16H20N4O/c1-20(11-12-3-2-6-17-10-12)16(21)13-4-5-14-15(9-13)19-8-7-18-14/h4-5,7-9,12,17H,2-3,6,10-11H2,1H3. The Hall–Kier alpha value is -2.01. The first kappa shape index (κ1) is 13.9. The van der Waals surface area contributed by atoms with Gasteiger partial charge in [0, 0.05) is 31.5 Å². The zero-order chi connectivity index (χ0) is 14.7. The van der Waals surface area contributed by atoms with Crippen molar-refractivity contribution in [3.05, 3.63) is 36.2 Å². The van der Waals surface area contributed by atoms with Crippen molar-refractivity contribution in [2.24, 2.45) is 5.92 Å². The minimum atomic E-state index is 0.0492. The van der Waals surface area contributed by atoms with E-state index in [2.05, 4.69) is 15.3 Å². The third-order valence-electron chi connectivity index (χ3n) is 3.99. The normalized spacial score (nSPS) is 18.6. The Balaban J connectivity index is 1.72. The quantitative estimate of drug-likeness (QED) is 0.932. The van der Waals surface area contributed by atoms with Crippen molar-refractivity contribution in [1.29, 1.82) is 0 Å². The maximum Gasteiger partial charge on any atom is 0.253 e. The Labute approximate surface area is 124 Å². The molecule has 1 aromatic heterocycles. The van der Waals surface area contributed by atoms with Crippen LogP contribution in [0.5, 0.6) is 0 Å². The highest BCUT2D eigenvalue weighted by Crippen LogP contribution is 2.15. The van der Waals surface area contributed by atoms with Gasteiger partial charge in [-0.2, -0.15) is 0 Å². The number of hydrogen-bond donors (Lipinski definition) is 1. The van der Waals surface area contributed by atoms with Gasteiger partial charge in [0.05, 0.1) is 11.0 Å². The molecule has 1 fully saturated rings. The van der Waals surface area contributed by atoms with Gasteiger partial charge in [-0.1, -0.05) is 0 Å². The monoisotopic (exact) mass is 284 g/mol. The van der Waals surface area contributed by atoms with E-state index in [1.807, 2.05) is 30.1 Å². The molecule has 1 saturated heterocycles. The topological polar surface area (TPSA) is 58.1 Å². The molecule has 5 nitrogen and oxygen atoms in total. The number of hydrogen-bond acceptors (Lipinski definition) is 4. The highest BCUT2D eigenvalue weighted by atomic mass is 16.2. The predicted octanol–water partition coefficient (Wildman–Crippen LogP) is 1.70. The molecule has 21 heavy (non-hydrogen) atoms. The molecule has 0 saturated carbocycles. The average Bonchev–Trinajstić information content (AvgIpc) is 2.54. The van der Waals surface area contributed by atoms with Crippen LogP contribution in [0, 0.1) is 5.92 Å². The van der Waals surface area contributed by atoms with Crippen LogP contribution in [0.25, 0.3) is 11.0 Å². The first-order valence-electron chi connectivity index (χ1n) is 7.41. The molecule has 0 aliphatic carbocycles. The molecule has 1 N–H and O–H groups in total. The van der Waals surface area contributed by atoms with Gasteiger partial charge < -0.3 is 10.2 Å². The van der Waals surface area contributed by atoms with Crippen LogP contribution in [0.1, 0.15) is 23.2 Å². The Morgan fingerprint density at radius 2 is 2.14 bits per heavy atom. The molecule has 0 bridgehead atoms. The Bertz CT molecular complexity index is 637. The summed E-state index contributed by atoms with van der Waals surface area (Å²) in [5.74, 6) is 0.598. The molecule has 1 amide bonds. The Kier molecular flexibility index (Phi) is 4.10. The Morgan fingerprint density at radius 3 is 2.90 bits per heavy atom. The summed E-state index contributed by atoms with van der Waals surface area (Å²) < 4.78 is 0. The van der Waals surface area contributed by atoms with E-state index in [9.17, 15) is 4.79 Å². The molecule has 0 radical (unpaired) electrons. The van der Waals surface area contributed by atoms with E-state index in [0.29, 0.717) is 11.5 Å². The molecular weight excluding hydrogens is 264 g/mol. The number of amides is 1. The second-order valence-corrected chi connectivity index (χ2v) is 5.66. The molecule has 2 aromatic rings. The minimum Gasteiger partial charge on any atom is -0.341 e. The molecular formula is C16H20N4O. The smallest absolute Gasteiger partial charge is 0.253 e. The maximum atomic E-state index is 12.5. The highest BCUT2D eigenvalue weighted by molar-refractivity contribution is 5.97. The van der Waals surface area contributed by atoms with E-state index < -0.39 is 0 Å². The van der Waals surface area contributed by atoms with Crippen LogP contribution in [-0.4, -0.2) is 47.5 Å². The fourth-order valence-corrected chi connectivity index (χ4v) is 2.87. The summed E-state index contributed by atoms with van der Waals surface area (Å²) in [6.45, 7) is 2.89. The summed E-state index contributed by atoms with van der Waals surface area (Å²) in [5.41, 5.74) is 2.25. The summed E-state index contributed by atoms with van der Waals surface area (Å²) in [5, 5.41) is 3.39. The second-order valence-electron chi connectivity index (χ2n) is 5.66. The van der Waals surface area contributed by atoms with Gasteiger partial charge in [-0.3, -0.25) is 14.8 Å². The van der Waals surface area contributed by atoms with Gasteiger partial charge in [0.2, 0.25) is 0 Å². The van der Waals surface area contributed by atoms with E-state index in [0.717, 1.165) is 30.7 Å². The summed E-state index contributed by atoms with van der Waals surface area (Å²) >= 11 is 0. The molecule has 2 heterocycles. The lowest BCUT2D eigenvalue weighted by atomic mass is 9.99. The van der Waals surface area contributed by atoms with Gasteiger partial charge in [-0.15, -0.1) is 0 Å². The summed E-state index contributed by atoms with van der Waals surface area (Å²) in [7, 11) is 1.87. The van der Waals surface area contributed by atoms with Gasteiger partial charge >= 0.3 is 0 Å². The van der Waals surface area contributed by atoms with Crippen LogP contribution in [-0.2, 0) is 0 Å². The number of carbonyl (C=O) groups excluding carboxylic acids is 1.